The Labute approximate surface area is 152 Å². The van der Waals surface area contributed by atoms with Gasteiger partial charge >= 0.3 is 0 Å². The van der Waals surface area contributed by atoms with E-state index in [-0.39, 0.29) is 12.5 Å². The van der Waals surface area contributed by atoms with E-state index in [1.165, 1.54) is 0 Å². The van der Waals surface area contributed by atoms with Gasteiger partial charge in [-0.25, -0.2) is 4.98 Å². The van der Waals surface area contributed by atoms with E-state index in [1.54, 1.807) is 6.20 Å². The Balaban J connectivity index is 1.45. The zero-order valence-electron chi connectivity index (χ0n) is 14.3. The predicted molar refractivity (Wildman–Crippen MR) is 98.8 cm³/mol. The van der Waals surface area contributed by atoms with Crippen LogP contribution in [-0.2, 0) is 17.9 Å². The van der Waals surface area contributed by atoms with Crippen LogP contribution >= 0.6 is 0 Å². The van der Waals surface area contributed by atoms with Crippen LogP contribution in [0.2, 0.25) is 0 Å². The highest BCUT2D eigenvalue weighted by Crippen LogP contribution is 2.12. The number of carbonyl (C=O) groups is 1. The predicted octanol–water partition coefficient (Wildman–Crippen LogP) is 3.36. The molecule has 26 heavy (non-hydrogen) atoms. The quantitative estimate of drug-likeness (QED) is 0.678. The second-order valence-electron chi connectivity index (χ2n) is 5.66. The molecule has 0 aliphatic carbocycles. The molecule has 2 aromatic carbocycles. The van der Waals surface area contributed by atoms with E-state index in [2.05, 4.69) is 10.3 Å². The molecule has 5 heteroatoms. The monoisotopic (exact) mass is 348 g/mol. The highest BCUT2D eigenvalue weighted by atomic mass is 16.5. The van der Waals surface area contributed by atoms with Crippen LogP contribution in [0.1, 0.15) is 11.1 Å². The molecule has 0 bridgehead atoms. The van der Waals surface area contributed by atoms with E-state index in [4.69, 9.17) is 9.47 Å². The molecule has 0 spiro atoms. The van der Waals surface area contributed by atoms with Crippen molar-refractivity contribution in [3.63, 3.8) is 0 Å². The van der Waals surface area contributed by atoms with Crippen molar-refractivity contribution >= 4 is 5.91 Å². The van der Waals surface area contributed by atoms with Gasteiger partial charge in [-0.1, -0.05) is 48.5 Å². The van der Waals surface area contributed by atoms with E-state index in [1.807, 2.05) is 72.8 Å². The van der Waals surface area contributed by atoms with Crippen LogP contribution in [-0.4, -0.2) is 17.5 Å². The molecule has 0 aliphatic heterocycles. The van der Waals surface area contributed by atoms with Crippen LogP contribution in [0.15, 0.2) is 79.0 Å². The van der Waals surface area contributed by atoms with Crippen molar-refractivity contribution in [1.29, 1.82) is 0 Å². The first-order chi connectivity index (χ1) is 12.8. The third-order valence-corrected chi connectivity index (χ3v) is 3.63. The minimum absolute atomic E-state index is 0.0214. The molecule has 132 valence electrons. The second kappa shape index (κ2) is 9.22. The third kappa shape index (κ3) is 5.63. The SMILES string of the molecule is O=C(COc1ccccc1)NCc1ccnc(OCc2ccccc2)c1. The summed E-state index contributed by atoms with van der Waals surface area (Å²) in [6.07, 6.45) is 1.67. The Morgan fingerprint density at radius 3 is 2.38 bits per heavy atom. The molecule has 0 aliphatic rings. The fraction of sp³-hybridized carbons (Fsp3) is 0.143. The first kappa shape index (κ1) is 17.5. The second-order valence-corrected chi connectivity index (χ2v) is 5.66. The minimum Gasteiger partial charge on any atom is -0.484 e. The zero-order valence-corrected chi connectivity index (χ0v) is 14.3. The number of pyridine rings is 1. The molecule has 3 rings (SSSR count). The van der Waals surface area contributed by atoms with Gasteiger partial charge in [0.05, 0.1) is 0 Å². The average Bonchev–Trinajstić information content (AvgIpc) is 2.71. The summed E-state index contributed by atoms with van der Waals surface area (Å²) < 4.78 is 11.1. The van der Waals surface area contributed by atoms with E-state index < -0.39 is 0 Å². The molecule has 1 amide bonds. The first-order valence-corrected chi connectivity index (χ1v) is 8.36. The lowest BCUT2D eigenvalue weighted by atomic mass is 10.2. The van der Waals surface area contributed by atoms with E-state index in [0.717, 1.165) is 11.1 Å². The van der Waals surface area contributed by atoms with Gasteiger partial charge in [-0.3, -0.25) is 4.79 Å². The van der Waals surface area contributed by atoms with Crippen molar-refractivity contribution in [3.8, 4) is 11.6 Å². The first-order valence-electron chi connectivity index (χ1n) is 8.36. The summed E-state index contributed by atoms with van der Waals surface area (Å²) in [6.45, 7) is 0.822. The van der Waals surface area contributed by atoms with Crippen molar-refractivity contribution in [3.05, 3.63) is 90.1 Å². The molecule has 0 saturated carbocycles. The lowest BCUT2D eigenvalue weighted by Crippen LogP contribution is -2.28. The molecule has 0 saturated heterocycles. The summed E-state index contributed by atoms with van der Waals surface area (Å²) in [5.41, 5.74) is 1.99. The summed E-state index contributed by atoms with van der Waals surface area (Å²) in [4.78, 5) is 16.1. The number of nitrogens with zero attached hydrogens (tertiary/aromatic N) is 1. The topological polar surface area (TPSA) is 60.5 Å². The number of benzene rings is 2. The lowest BCUT2D eigenvalue weighted by molar-refractivity contribution is -0.123. The van der Waals surface area contributed by atoms with Crippen LogP contribution in [0.4, 0.5) is 0 Å². The maximum Gasteiger partial charge on any atom is 0.258 e. The Hall–Kier alpha value is -3.34. The largest absolute Gasteiger partial charge is 0.484 e. The fourth-order valence-corrected chi connectivity index (χ4v) is 2.29. The van der Waals surface area contributed by atoms with Gasteiger partial charge in [0, 0.05) is 18.8 Å². The number of hydrogen-bond donors (Lipinski definition) is 1. The van der Waals surface area contributed by atoms with E-state index >= 15 is 0 Å². The highest BCUT2D eigenvalue weighted by molar-refractivity contribution is 5.77. The number of ether oxygens (including phenoxy) is 2. The van der Waals surface area contributed by atoms with Crippen LogP contribution in [0.5, 0.6) is 11.6 Å². The summed E-state index contributed by atoms with van der Waals surface area (Å²) in [7, 11) is 0. The highest BCUT2D eigenvalue weighted by Gasteiger charge is 2.04. The Bertz CT molecular complexity index is 823. The van der Waals surface area contributed by atoms with Gasteiger partial charge in [-0.15, -0.1) is 0 Å². The number of rotatable bonds is 8. The smallest absolute Gasteiger partial charge is 0.258 e. The Morgan fingerprint density at radius 1 is 0.885 bits per heavy atom. The molecule has 3 aromatic rings. The van der Waals surface area contributed by atoms with E-state index in [0.29, 0.717) is 24.8 Å². The van der Waals surface area contributed by atoms with Gasteiger partial charge in [-0.05, 0) is 29.3 Å². The zero-order chi connectivity index (χ0) is 18.0. The maximum absolute atomic E-state index is 11.9. The van der Waals surface area contributed by atoms with Gasteiger partial charge in [-0.2, -0.15) is 0 Å². The standard InChI is InChI=1S/C21H20N2O3/c24-20(16-25-19-9-5-2-6-10-19)23-14-18-11-12-22-21(13-18)26-15-17-7-3-1-4-8-17/h1-13H,14-16H2,(H,23,24). The molecule has 1 N–H and O–H groups in total. The van der Waals surface area contributed by atoms with Crippen LogP contribution < -0.4 is 14.8 Å². The van der Waals surface area contributed by atoms with Crippen LogP contribution in [0.3, 0.4) is 0 Å². The molecular formula is C21H20N2O3. The van der Waals surface area contributed by atoms with Crippen molar-refractivity contribution in [2.45, 2.75) is 13.2 Å². The van der Waals surface area contributed by atoms with E-state index in [9.17, 15) is 4.79 Å². The molecule has 0 atom stereocenters. The van der Waals surface area contributed by atoms with Crippen molar-refractivity contribution in [2.24, 2.45) is 0 Å². The number of amides is 1. The molecule has 1 heterocycles. The van der Waals surface area contributed by atoms with Crippen molar-refractivity contribution in [1.82, 2.24) is 10.3 Å². The summed E-state index contributed by atoms with van der Waals surface area (Å²) >= 11 is 0. The fourth-order valence-electron chi connectivity index (χ4n) is 2.29. The number of nitrogens with one attached hydrogen (secondary N) is 1. The Morgan fingerprint density at radius 2 is 1.62 bits per heavy atom. The van der Waals surface area contributed by atoms with Crippen LogP contribution in [0, 0.1) is 0 Å². The molecule has 0 radical (unpaired) electrons. The normalized spacial score (nSPS) is 10.2. The number of carbonyl (C=O) groups excluding carboxylic acids is 1. The minimum atomic E-state index is -0.183. The third-order valence-electron chi connectivity index (χ3n) is 3.63. The molecule has 1 aromatic heterocycles. The summed E-state index contributed by atoms with van der Waals surface area (Å²) in [5, 5.41) is 2.82. The Kier molecular flexibility index (Phi) is 6.20. The molecule has 0 unspecified atom stereocenters. The molecular weight excluding hydrogens is 328 g/mol. The lowest BCUT2D eigenvalue weighted by Gasteiger charge is -2.09. The van der Waals surface area contributed by atoms with Gasteiger partial charge in [0.15, 0.2) is 6.61 Å². The number of aromatic nitrogens is 1. The van der Waals surface area contributed by atoms with Gasteiger partial charge in [0.2, 0.25) is 5.88 Å². The summed E-state index contributed by atoms with van der Waals surface area (Å²) in [5.74, 6) is 1.02. The van der Waals surface area contributed by atoms with Crippen molar-refractivity contribution in [2.75, 3.05) is 6.61 Å². The van der Waals surface area contributed by atoms with Gasteiger partial charge in [0.25, 0.3) is 5.91 Å². The van der Waals surface area contributed by atoms with Gasteiger partial charge in [0.1, 0.15) is 12.4 Å². The number of para-hydroxylation sites is 1. The van der Waals surface area contributed by atoms with Gasteiger partial charge < -0.3 is 14.8 Å². The number of hydrogen-bond acceptors (Lipinski definition) is 4. The van der Waals surface area contributed by atoms with Crippen LogP contribution in [0.25, 0.3) is 0 Å². The summed E-state index contributed by atoms with van der Waals surface area (Å²) in [6, 6.07) is 22.8. The molecule has 5 nitrogen and oxygen atoms in total. The maximum atomic E-state index is 11.9. The molecule has 0 fully saturated rings. The average molecular weight is 348 g/mol. The van der Waals surface area contributed by atoms with Crippen molar-refractivity contribution < 1.29 is 14.3 Å².